The first-order valence-corrected chi connectivity index (χ1v) is 4.51. The molecule has 6 heteroatoms. The van der Waals surface area contributed by atoms with Crippen molar-refractivity contribution in [3.8, 4) is 0 Å². The molecule has 0 saturated heterocycles. The Bertz CT molecular complexity index is 213. The summed E-state index contributed by atoms with van der Waals surface area (Å²) in [6.45, 7) is 1.85. The van der Waals surface area contributed by atoms with Gasteiger partial charge in [-0.05, 0) is 13.3 Å². The van der Waals surface area contributed by atoms with E-state index in [1.54, 1.807) is 0 Å². The summed E-state index contributed by atoms with van der Waals surface area (Å²) in [5.74, 6) is 0.0475. The van der Waals surface area contributed by atoms with E-state index in [1.165, 1.54) is 6.92 Å². The summed E-state index contributed by atoms with van der Waals surface area (Å²) in [6.07, 6.45) is 0.0321. The fourth-order valence-electron chi connectivity index (χ4n) is 0.740. The Morgan fingerprint density at radius 3 is 2.40 bits per heavy atom. The Kier molecular flexibility index (Phi) is 8.03. The number of ether oxygens (including phenoxy) is 3. The van der Waals surface area contributed by atoms with E-state index in [0.29, 0.717) is 12.8 Å². The quantitative estimate of drug-likeness (QED) is 0.338. The van der Waals surface area contributed by atoms with Gasteiger partial charge in [-0.3, -0.25) is 4.79 Å². The minimum atomic E-state index is -0.826. The summed E-state index contributed by atoms with van der Waals surface area (Å²) < 4.78 is 13.4. The van der Waals surface area contributed by atoms with Crippen molar-refractivity contribution in [1.29, 1.82) is 0 Å². The van der Waals surface area contributed by atoms with Crippen molar-refractivity contribution in [3.63, 3.8) is 0 Å². The van der Waals surface area contributed by atoms with Crippen LogP contribution < -0.4 is 0 Å². The molecule has 0 rings (SSSR count). The van der Waals surface area contributed by atoms with Gasteiger partial charge in [-0.25, -0.2) is 4.79 Å². The second kappa shape index (κ2) is 8.98. The average Bonchev–Trinajstić information content (AvgIpc) is 2.19. The van der Waals surface area contributed by atoms with E-state index in [-0.39, 0.29) is 32.1 Å². The summed E-state index contributed by atoms with van der Waals surface area (Å²) in [7, 11) is 0. The van der Waals surface area contributed by atoms with Crippen LogP contribution in [-0.2, 0) is 23.8 Å². The highest BCUT2D eigenvalue weighted by Crippen LogP contribution is 1.93. The number of hydrogen-bond acceptors (Lipinski definition) is 6. The highest BCUT2D eigenvalue weighted by molar-refractivity contribution is 5.75. The fraction of sp³-hybridized carbons (Fsp3) is 0.667. The molecular formula is C9H14O6. The fourth-order valence-corrected chi connectivity index (χ4v) is 0.740. The second-order valence-electron chi connectivity index (χ2n) is 2.72. The van der Waals surface area contributed by atoms with Gasteiger partial charge in [-0.15, -0.1) is 0 Å². The standard InChI is InChI=1S/C9H14O6/c1-8(11)3-2-4-14-9(12)15-6-5-13-7-10/h7H,2-6H2,1H3. The SMILES string of the molecule is CC(=O)CCCOC(=O)OCCOC=O. The molecule has 0 aromatic carbocycles. The molecule has 0 saturated carbocycles. The third kappa shape index (κ3) is 10.3. The highest BCUT2D eigenvalue weighted by Gasteiger charge is 2.03. The maximum Gasteiger partial charge on any atom is 0.508 e. The largest absolute Gasteiger partial charge is 0.508 e. The van der Waals surface area contributed by atoms with Crippen LogP contribution in [0.2, 0.25) is 0 Å². The molecule has 0 bridgehead atoms. The van der Waals surface area contributed by atoms with Crippen LogP contribution in [-0.4, -0.2) is 38.2 Å². The molecule has 0 heterocycles. The zero-order valence-electron chi connectivity index (χ0n) is 8.56. The van der Waals surface area contributed by atoms with Gasteiger partial charge in [-0.1, -0.05) is 0 Å². The Morgan fingerprint density at radius 1 is 1.13 bits per heavy atom. The zero-order chi connectivity index (χ0) is 11.5. The lowest BCUT2D eigenvalue weighted by Gasteiger charge is -2.04. The lowest BCUT2D eigenvalue weighted by Crippen LogP contribution is -2.12. The molecule has 0 fully saturated rings. The summed E-state index contributed by atoms with van der Waals surface area (Å²) in [4.78, 5) is 31.0. The molecule has 0 aromatic rings. The summed E-state index contributed by atoms with van der Waals surface area (Å²) in [6, 6.07) is 0. The average molecular weight is 218 g/mol. The molecule has 0 atom stereocenters. The van der Waals surface area contributed by atoms with Gasteiger partial charge in [0.1, 0.15) is 19.0 Å². The third-order valence-corrected chi connectivity index (χ3v) is 1.38. The normalized spacial score (nSPS) is 9.13. The van der Waals surface area contributed by atoms with Crippen LogP contribution in [0.4, 0.5) is 4.79 Å². The van der Waals surface area contributed by atoms with Crippen molar-refractivity contribution >= 4 is 18.4 Å². The van der Waals surface area contributed by atoms with E-state index in [0.717, 1.165) is 0 Å². The van der Waals surface area contributed by atoms with Crippen molar-refractivity contribution in [2.75, 3.05) is 19.8 Å². The maximum absolute atomic E-state index is 10.8. The van der Waals surface area contributed by atoms with Crippen LogP contribution in [0.25, 0.3) is 0 Å². The van der Waals surface area contributed by atoms with Crippen molar-refractivity contribution in [2.45, 2.75) is 19.8 Å². The molecule has 15 heavy (non-hydrogen) atoms. The number of hydrogen-bond donors (Lipinski definition) is 0. The molecule has 0 amide bonds. The number of rotatable bonds is 8. The first-order chi connectivity index (χ1) is 7.16. The van der Waals surface area contributed by atoms with Crippen molar-refractivity contribution in [2.24, 2.45) is 0 Å². The van der Waals surface area contributed by atoms with Gasteiger partial charge in [0.15, 0.2) is 0 Å². The van der Waals surface area contributed by atoms with Gasteiger partial charge in [0.05, 0.1) is 6.61 Å². The molecule has 0 N–H and O–H groups in total. The van der Waals surface area contributed by atoms with Crippen LogP contribution in [0, 0.1) is 0 Å². The van der Waals surface area contributed by atoms with Gasteiger partial charge >= 0.3 is 6.16 Å². The van der Waals surface area contributed by atoms with Crippen LogP contribution in [0.3, 0.4) is 0 Å². The molecular weight excluding hydrogens is 204 g/mol. The Hall–Kier alpha value is -1.59. The van der Waals surface area contributed by atoms with E-state index in [9.17, 15) is 14.4 Å². The van der Waals surface area contributed by atoms with E-state index < -0.39 is 6.16 Å². The smallest absolute Gasteiger partial charge is 0.464 e. The summed E-state index contributed by atoms with van der Waals surface area (Å²) >= 11 is 0. The van der Waals surface area contributed by atoms with Crippen molar-refractivity contribution in [1.82, 2.24) is 0 Å². The van der Waals surface area contributed by atoms with E-state index in [2.05, 4.69) is 14.2 Å². The molecule has 0 aliphatic carbocycles. The Labute approximate surface area is 87.5 Å². The molecule has 0 aromatic heterocycles. The van der Waals surface area contributed by atoms with Crippen LogP contribution in [0.15, 0.2) is 0 Å². The minimum Gasteiger partial charge on any atom is -0.464 e. The topological polar surface area (TPSA) is 78.9 Å². The number of carbonyl (C=O) groups is 3. The van der Waals surface area contributed by atoms with Crippen molar-refractivity contribution < 1.29 is 28.6 Å². The van der Waals surface area contributed by atoms with Crippen LogP contribution in [0.1, 0.15) is 19.8 Å². The number of Topliss-reactive ketones (excluding diaryl/α,β-unsaturated/α-hetero) is 1. The van der Waals surface area contributed by atoms with Gasteiger partial charge in [-0.2, -0.15) is 0 Å². The van der Waals surface area contributed by atoms with Crippen LogP contribution in [0.5, 0.6) is 0 Å². The number of ketones is 1. The second-order valence-corrected chi connectivity index (χ2v) is 2.72. The Balaban J connectivity index is 3.25. The third-order valence-electron chi connectivity index (χ3n) is 1.38. The highest BCUT2D eigenvalue weighted by atomic mass is 16.7. The molecule has 0 radical (unpaired) electrons. The van der Waals surface area contributed by atoms with E-state index >= 15 is 0 Å². The monoisotopic (exact) mass is 218 g/mol. The predicted octanol–water partition coefficient (Wildman–Crippen LogP) is 0.682. The van der Waals surface area contributed by atoms with E-state index in [4.69, 9.17) is 0 Å². The van der Waals surface area contributed by atoms with Gasteiger partial charge in [0, 0.05) is 6.42 Å². The summed E-state index contributed by atoms with van der Waals surface area (Å²) in [5, 5.41) is 0. The molecule has 86 valence electrons. The number of carbonyl (C=O) groups excluding carboxylic acids is 3. The molecule has 0 unspecified atom stereocenters. The van der Waals surface area contributed by atoms with Gasteiger partial charge < -0.3 is 19.0 Å². The first-order valence-electron chi connectivity index (χ1n) is 4.51. The summed E-state index contributed by atoms with van der Waals surface area (Å²) in [5.41, 5.74) is 0. The predicted molar refractivity (Wildman–Crippen MR) is 49.2 cm³/mol. The van der Waals surface area contributed by atoms with Gasteiger partial charge in [0.2, 0.25) is 0 Å². The lowest BCUT2D eigenvalue weighted by molar-refractivity contribution is -0.129. The Morgan fingerprint density at radius 2 is 1.80 bits per heavy atom. The molecule has 0 spiro atoms. The van der Waals surface area contributed by atoms with Gasteiger partial charge in [0.25, 0.3) is 6.47 Å². The molecule has 0 aliphatic heterocycles. The molecule has 0 aliphatic rings. The van der Waals surface area contributed by atoms with Crippen molar-refractivity contribution in [3.05, 3.63) is 0 Å². The zero-order valence-corrected chi connectivity index (χ0v) is 8.56. The molecule has 6 nitrogen and oxygen atoms in total. The van der Waals surface area contributed by atoms with Crippen LogP contribution >= 0.6 is 0 Å². The lowest BCUT2D eigenvalue weighted by atomic mass is 10.2. The van der Waals surface area contributed by atoms with E-state index in [1.807, 2.05) is 0 Å². The minimum absolute atomic E-state index is 0.00600. The maximum atomic E-state index is 10.8. The first kappa shape index (κ1) is 13.4.